The number of nitrogens with zero attached hydrogens (tertiary/aromatic N) is 1. The number of likely N-dealkylation sites (N-methyl/N-ethyl adjacent to an activating group) is 2. The SMILES string of the molecule is CCCC1CCC(NCC)C(N(C)CC(F)(F)F)C1. The molecule has 0 saturated heterocycles. The maximum Gasteiger partial charge on any atom is 0.401 e. The van der Waals surface area contributed by atoms with E-state index in [2.05, 4.69) is 12.2 Å². The zero-order chi connectivity index (χ0) is 14.5. The van der Waals surface area contributed by atoms with Crippen LogP contribution in [0.15, 0.2) is 0 Å². The first-order chi connectivity index (χ1) is 8.87. The lowest BCUT2D eigenvalue weighted by Crippen LogP contribution is -2.53. The lowest BCUT2D eigenvalue weighted by Gasteiger charge is -2.42. The van der Waals surface area contributed by atoms with Crippen molar-refractivity contribution < 1.29 is 13.2 Å². The Bertz CT molecular complexity index is 256. The highest BCUT2D eigenvalue weighted by Gasteiger charge is 2.37. The fraction of sp³-hybridized carbons (Fsp3) is 1.00. The maximum absolute atomic E-state index is 12.6. The van der Waals surface area contributed by atoms with Gasteiger partial charge < -0.3 is 5.32 Å². The van der Waals surface area contributed by atoms with Crippen molar-refractivity contribution in [3.8, 4) is 0 Å². The number of rotatable bonds is 6. The minimum absolute atomic E-state index is 0.00637. The molecule has 0 bridgehead atoms. The molecule has 0 aromatic carbocycles. The van der Waals surface area contributed by atoms with E-state index in [1.54, 1.807) is 7.05 Å². The fourth-order valence-corrected chi connectivity index (χ4v) is 3.29. The fourth-order valence-electron chi connectivity index (χ4n) is 3.29. The third-order valence-corrected chi connectivity index (χ3v) is 4.08. The van der Waals surface area contributed by atoms with E-state index in [4.69, 9.17) is 0 Å². The van der Waals surface area contributed by atoms with E-state index in [0.717, 1.165) is 38.6 Å². The molecule has 0 radical (unpaired) electrons. The Labute approximate surface area is 114 Å². The molecule has 1 rings (SSSR count). The predicted molar refractivity (Wildman–Crippen MR) is 72.2 cm³/mol. The van der Waals surface area contributed by atoms with Crippen LogP contribution in [0.25, 0.3) is 0 Å². The van der Waals surface area contributed by atoms with Gasteiger partial charge in [0.05, 0.1) is 6.54 Å². The Kier molecular flexibility index (Phi) is 6.60. The van der Waals surface area contributed by atoms with Gasteiger partial charge in [-0.15, -0.1) is 0 Å². The van der Waals surface area contributed by atoms with E-state index >= 15 is 0 Å². The summed E-state index contributed by atoms with van der Waals surface area (Å²) in [4.78, 5) is 1.50. The van der Waals surface area contributed by atoms with Gasteiger partial charge in [0, 0.05) is 12.1 Å². The molecular weight excluding hydrogens is 253 g/mol. The molecule has 1 fully saturated rings. The lowest BCUT2D eigenvalue weighted by molar-refractivity contribution is -0.150. The number of hydrogen-bond donors (Lipinski definition) is 1. The summed E-state index contributed by atoms with van der Waals surface area (Å²) in [5, 5.41) is 3.35. The second-order valence-electron chi connectivity index (χ2n) is 5.73. The van der Waals surface area contributed by atoms with E-state index in [-0.39, 0.29) is 12.1 Å². The third-order valence-electron chi connectivity index (χ3n) is 4.08. The summed E-state index contributed by atoms with van der Waals surface area (Å²) in [6.07, 6.45) is 1.16. The average molecular weight is 280 g/mol. The summed E-state index contributed by atoms with van der Waals surface area (Å²) >= 11 is 0. The molecule has 114 valence electrons. The zero-order valence-electron chi connectivity index (χ0n) is 12.3. The minimum Gasteiger partial charge on any atom is -0.313 e. The van der Waals surface area contributed by atoms with Crippen LogP contribution in [-0.4, -0.2) is 43.3 Å². The molecule has 0 aliphatic heterocycles. The Morgan fingerprint density at radius 3 is 2.42 bits per heavy atom. The molecule has 3 unspecified atom stereocenters. The molecule has 0 spiro atoms. The van der Waals surface area contributed by atoms with E-state index in [9.17, 15) is 13.2 Å². The van der Waals surface area contributed by atoms with Gasteiger partial charge in [-0.05, 0) is 38.8 Å². The van der Waals surface area contributed by atoms with E-state index in [1.807, 2.05) is 6.92 Å². The lowest BCUT2D eigenvalue weighted by atomic mass is 9.79. The first kappa shape index (κ1) is 16.8. The van der Waals surface area contributed by atoms with Gasteiger partial charge in [-0.3, -0.25) is 4.90 Å². The molecule has 0 aromatic rings. The zero-order valence-corrected chi connectivity index (χ0v) is 12.3. The number of nitrogens with one attached hydrogen (secondary N) is 1. The second kappa shape index (κ2) is 7.48. The summed E-state index contributed by atoms with van der Waals surface area (Å²) in [5.74, 6) is 0.584. The van der Waals surface area contributed by atoms with E-state index < -0.39 is 12.7 Å². The van der Waals surface area contributed by atoms with Crippen LogP contribution < -0.4 is 5.32 Å². The van der Waals surface area contributed by atoms with E-state index in [1.165, 1.54) is 4.90 Å². The minimum atomic E-state index is -4.11. The molecule has 0 heterocycles. The topological polar surface area (TPSA) is 15.3 Å². The largest absolute Gasteiger partial charge is 0.401 e. The van der Waals surface area contributed by atoms with Crippen molar-refractivity contribution in [2.45, 2.75) is 64.2 Å². The van der Waals surface area contributed by atoms with Crippen LogP contribution in [0, 0.1) is 5.92 Å². The average Bonchev–Trinajstić information content (AvgIpc) is 2.29. The van der Waals surface area contributed by atoms with E-state index in [0.29, 0.717) is 5.92 Å². The van der Waals surface area contributed by atoms with Crippen molar-refractivity contribution in [3.05, 3.63) is 0 Å². The molecule has 5 heteroatoms. The van der Waals surface area contributed by atoms with Gasteiger partial charge in [-0.1, -0.05) is 26.7 Å². The maximum atomic E-state index is 12.6. The van der Waals surface area contributed by atoms with Crippen molar-refractivity contribution in [1.29, 1.82) is 0 Å². The van der Waals surface area contributed by atoms with Gasteiger partial charge in [-0.2, -0.15) is 13.2 Å². The Morgan fingerprint density at radius 1 is 1.21 bits per heavy atom. The smallest absolute Gasteiger partial charge is 0.313 e. The van der Waals surface area contributed by atoms with Crippen LogP contribution in [0.3, 0.4) is 0 Å². The number of hydrogen-bond acceptors (Lipinski definition) is 2. The number of alkyl halides is 3. The molecule has 1 N–H and O–H groups in total. The van der Waals surface area contributed by atoms with Crippen LogP contribution in [0.2, 0.25) is 0 Å². The first-order valence-electron chi connectivity index (χ1n) is 7.37. The summed E-state index contributed by atoms with van der Waals surface area (Å²) in [5.41, 5.74) is 0. The molecule has 0 amide bonds. The second-order valence-corrected chi connectivity index (χ2v) is 5.73. The molecule has 1 aliphatic carbocycles. The van der Waals surface area contributed by atoms with Gasteiger partial charge in [0.15, 0.2) is 0 Å². The molecule has 19 heavy (non-hydrogen) atoms. The van der Waals surface area contributed by atoms with Gasteiger partial charge in [0.1, 0.15) is 0 Å². The standard InChI is InChI=1S/C14H27F3N2/c1-4-6-11-7-8-12(18-5-2)13(9-11)19(3)10-14(15,16)17/h11-13,18H,4-10H2,1-3H3. The van der Waals surface area contributed by atoms with Crippen molar-refractivity contribution in [2.24, 2.45) is 5.92 Å². The van der Waals surface area contributed by atoms with Crippen LogP contribution in [0.5, 0.6) is 0 Å². The van der Waals surface area contributed by atoms with Crippen molar-refractivity contribution >= 4 is 0 Å². The quantitative estimate of drug-likeness (QED) is 0.802. The van der Waals surface area contributed by atoms with Crippen molar-refractivity contribution in [1.82, 2.24) is 10.2 Å². The van der Waals surface area contributed by atoms with Gasteiger partial charge >= 0.3 is 6.18 Å². The summed E-state index contributed by atoms with van der Waals surface area (Å²) in [6, 6.07) is 0.206. The van der Waals surface area contributed by atoms with Crippen molar-refractivity contribution in [2.75, 3.05) is 20.1 Å². The van der Waals surface area contributed by atoms with Crippen LogP contribution in [0.4, 0.5) is 13.2 Å². The summed E-state index contributed by atoms with van der Waals surface area (Å²) in [6.45, 7) is 4.17. The van der Waals surface area contributed by atoms with Gasteiger partial charge in [0.2, 0.25) is 0 Å². The monoisotopic (exact) mass is 280 g/mol. The normalized spacial score (nSPS) is 28.9. The van der Waals surface area contributed by atoms with Crippen LogP contribution in [0.1, 0.15) is 46.0 Å². The van der Waals surface area contributed by atoms with Gasteiger partial charge in [0.25, 0.3) is 0 Å². The van der Waals surface area contributed by atoms with Crippen molar-refractivity contribution in [3.63, 3.8) is 0 Å². The first-order valence-corrected chi connectivity index (χ1v) is 7.37. The van der Waals surface area contributed by atoms with Gasteiger partial charge in [-0.25, -0.2) is 0 Å². The molecule has 2 nitrogen and oxygen atoms in total. The van der Waals surface area contributed by atoms with Crippen LogP contribution in [-0.2, 0) is 0 Å². The highest BCUT2D eigenvalue weighted by molar-refractivity contribution is 4.90. The summed E-state index contributed by atoms with van der Waals surface area (Å²) < 4.78 is 37.7. The molecular formula is C14H27F3N2. The van der Waals surface area contributed by atoms with Crippen LogP contribution >= 0.6 is 0 Å². The molecule has 0 aromatic heterocycles. The Morgan fingerprint density at radius 2 is 1.89 bits per heavy atom. The highest BCUT2D eigenvalue weighted by atomic mass is 19.4. The summed E-state index contributed by atoms with van der Waals surface area (Å²) in [7, 11) is 1.61. The molecule has 3 atom stereocenters. The Hall–Kier alpha value is -0.290. The third kappa shape index (κ3) is 5.69. The highest BCUT2D eigenvalue weighted by Crippen LogP contribution is 2.31. The molecule has 1 saturated carbocycles. The number of halogens is 3. The Balaban J connectivity index is 2.64. The molecule has 1 aliphatic rings. The predicted octanol–water partition coefficient (Wildman–Crippen LogP) is 3.43.